The number of aryl methyl sites for hydroxylation is 1. The van der Waals surface area contributed by atoms with Crippen LogP contribution in [0.5, 0.6) is 5.75 Å². The number of nitrogens with one attached hydrogen (secondary N) is 1. The minimum atomic E-state index is 0.0647. The number of aromatic nitrogens is 2. The number of H-pyrrole nitrogens is 1. The van der Waals surface area contributed by atoms with Crippen molar-refractivity contribution in [3.63, 3.8) is 0 Å². The van der Waals surface area contributed by atoms with Gasteiger partial charge in [0.2, 0.25) is 0 Å². The summed E-state index contributed by atoms with van der Waals surface area (Å²) in [5.41, 5.74) is 2.95. The summed E-state index contributed by atoms with van der Waals surface area (Å²) in [5.74, 6) is 2.21. The molecule has 146 valence electrons. The Balaban J connectivity index is 1.45. The molecule has 1 amide bonds. The molecule has 0 saturated carbocycles. The van der Waals surface area contributed by atoms with Gasteiger partial charge in [0, 0.05) is 18.8 Å². The Labute approximate surface area is 162 Å². The summed E-state index contributed by atoms with van der Waals surface area (Å²) in [6, 6.07) is 10.2. The second-order valence-corrected chi connectivity index (χ2v) is 8.00. The zero-order chi connectivity index (χ0) is 19.2. The number of hydrogen-bond donors (Lipinski definition) is 1. The molecule has 1 saturated heterocycles. The molecule has 0 spiro atoms. The van der Waals surface area contributed by atoms with Gasteiger partial charge in [-0.05, 0) is 67.7 Å². The third-order valence-electron chi connectivity index (χ3n) is 5.38. The molecule has 0 radical (unpaired) electrons. The average molecular weight is 370 g/mol. The summed E-state index contributed by atoms with van der Waals surface area (Å²) in [5, 5.41) is 7.23. The number of ether oxygens (including phenoxy) is 1. The van der Waals surface area contributed by atoms with Gasteiger partial charge < -0.3 is 9.64 Å². The summed E-state index contributed by atoms with van der Waals surface area (Å²) in [6.45, 7) is 6.00. The van der Waals surface area contributed by atoms with Gasteiger partial charge in [0.15, 0.2) is 0 Å². The van der Waals surface area contributed by atoms with E-state index < -0.39 is 0 Å². The van der Waals surface area contributed by atoms with Gasteiger partial charge in [-0.2, -0.15) is 5.10 Å². The second kappa shape index (κ2) is 9.07. The first-order chi connectivity index (χ1) is 13.0. The van der Waals surface area contributed by atoms with Crippen LogP contribution in [0.2, 0.25) is 0 Å². The maximum atomic E-state index is 12.7. The first-order valence-electron chi connectivity index (χ1n) is 10.0. The standard InChI is InChI=1S/C22H31N3O2/c1-16(2)14-19-15-21(24-23-19)22(26)25-12-10-18(11-13-25)5-4-17-6-8-20(27-3)9-7-17/h6-9,15-16,18H,4-5,10-14H2,1-3H3,(H,23,24). The molecule has 1 N–H and O–H groups in total. The number of carbonyl (C=O) groups is 1. The van der Waals surface area contributed by atoms with E-state index >= 15 is 0 Å². The zero-order valence-corrected chi connectivity index (χ0v) is 16.7. The Kier molecular flexibility index (Phi) is 6.54. The lowest BCUT2D eigenvalue weighted by atomic mass is 9.90. The predicted octanol–water partition coefficient (Wildman–Crippen LogP) is 4.10. The fourth-order valence-electron chi connectivity index (χ4n) is 3.77. The Bertz CT molecular complexity index is 728. The van der Waals surface area contributed by atoms with Gasteiger partial charge in [0.05, 0.1) is 7.11 Å². The molecule has 2 aromatic rings. The maximum Gasteiger partial charge on any atom is 0.274 e. The van der Waals surface area contributed by atoms with E-state index in [0.29, 0.717) is 17.5 Å². The van der Waals surface area contributed by atoms with Gasteiger partial charge in [0.1, 0.15) is 11.4 Å². The van der Waals surface area contributed by atoms with Crippen molar-refractivity contribution in [2.45, 2.75) is 46.0 Å². The summed E-state index contributed by atoms with van der Waals surface area (Å²) in [4.78, 5) is 14.6. The van der Waals surface area contributed by atoms with Crippen molar-refractivity contribution in [3.8, 4) is 5.75 Å². The molecule has 0 bridgehead atoms. The molecule has 1 fully saturated rings. The van der Waals surface area contributed by atoms with Gasteiger partial charge in [-0.15, -0.1) is 0 Å². The predicted molar refractivity (Wildman–Crippen MR) is 107 cm³/mol. The van der Waals surface area contributed by atoms with Crippen molar-refractivity contribution in [1.82, 2.24) is 15.1 Å². The number of likely N-dealkylation sites (tertiary alicyclic amines) is 1. The van der Waals surface area contributed by atoms with Crippen LogP contribution in [0, 0.1) is 11.8 Å². The summed E-state index contributed by atoms with van der Waals surface area (Å²) < 4.78 is 5.21. The molecule has 27 heavy (non-hydrogen) atoms. The van der Waals surface area contributed by atoms with Crippen LogP contribution in [0.3, 0.4) is 0 Å². The van der Waals surface area contributed by atoms with Crippen molar-refractivity contribution in [2.75, 3.05) is 20.2 Å². The van der Waals surface area contributed by atoms with E-state index in [4.69, 9.17) is 4.74 Å². The topological polar surface area (TPSA) is 58.2 Å². The van der Waals surface area contributed by atoms with E-state index in [1.807, 2.05) is 23.1 Å². The third-order valence-corrected chi connectivity index (χ3v) is 5.38. The van der Waals surface area contributed by atoms with Gasteiger partial charge in [-0.25, -0.2) is 0 Å². The fraction of sp³-hybridized carbons (Fsp3) is 0.545. The Morgan fingerprint density at radius 2 is 1.96 bits per heavy atom. The van der Waals surface area contributed by atoms with Crippen molar-refractivity contribution >= 4 is 5.91 Å². The molecule has 1 aliphatic heterocycles. The molecular weight excluding hydrogens is 338 g/mol. The average Bonchev–Trinajstić information content (AvgIpc) is 3.14. The first kappa shape index (κ1) is 19.5. The van der Waals surface area contributed by atoms with Gasteiger partial charge >= 0.3 is 0 Å². The Morgan fingerprint density at radius 3 is 2.59 bits per heavy atom. The highest BCUT2D eigenvalue weighted by atomic mass is 16.5. The molecule has 0 atom stereocenters. The number of rotatable bonds is 7. The van der Waals surface area contributed by atoms with Crippen LogP contribution in [0.25, 0.3) is 0 Å². The Hall–Kier alpha value is -2.30. The van der Waals surface area contributed by atoms with Crippen LogP contribution < -0.4 is 4.74 Å². The van der Waals surface area contributed by atoms with Crippen molar-refractivity contribution in [3.05, 3.63) is 47.3 Å². The SMILES string of the molecule is COc1ccc(CCC2CCN(C(=O)c3cc(CC(C)C)[nH]n3)CC2)cc1. The van der Waals surface area contributed by atoms with E-state index in [1.165, 1.54) is 12.0 Å². The van der Waals surface area contributed by atoms with Gasteiger partial charge in [-0.1, -0.05) is 26.0 Å². The minimum Gasteiger partial charge on any atom is -0.497 e. The molecular formula is C22H31N3O2. The molecule has 3 rings (SSSR count). The minimum absolute atomic E-state index is 0.0647. The van der Waals surface area contributed by atoms with Gasteiger partial charge in [0.25, 0.3) is 5.91 Å². The van der Waals surface area contributed by atoms with Crippen LogP contribution in [-0.4, -0.2) is 41.2 Å². The van der Waals surface area contributed by atoms with Gasteiger partial charge in [-0.3, -0.25) is 9.89 Å². The van der Waals surface area contributed by atoms with Crippen molar-refractivity contribution in [2.24, 2.45) is 11.8 Å². The molecule has 1 aromatic heterocycles. The number of amides is 1. The molecule has 5 nitrogen and oxygen atoms in total. The smallest absolute Gasteiger partial charge is 0.274 e. The number of nitrogens with zero attached hydrogens (tertiary/aromatic N) is 2. The normalized spacial score (nSPS) is 15.3. The highest BCUT2D eigenvalue weighted by Gasteiger charge is 2.25. The third kappa shape index (κ3) is 5.34. The lowest BCUT2D eigenvalue weighted by molar-refractivity contribution is 0.0681. The summed E-state index contributed by atoms with van der Waals surface area (Å²) >= 11 is 0. The number of piperidine rings is 1. The second-order valence-electron chi connectivity index (χ2n) is 8.00. The van der Waals surface area contributed by atoms with Crippen LogP contribution in [0.15, 0.2) is 30.3 Å². The van der Waals surface area contributed by atoms with Crippen LogP contribution in [0.1, 0.15) is 54.9 Å². The van der Waals surface area contributed by atoms with E-state index in [1.54, 1.807) is 7.11 Å². The van der Waals surface area contributed by atoms with E-state index in [0.717, 1.165) is 50.2 Å². The van der Waals surface area contributed by atoms with E-state index in [-0.39, 0.29) is 5.91 Å². The largest absolute Gasteiger partial charge is 0.497 e. The Morgan fingerprint density at radius 1 is 1.26 bits per heavy atom. The van der Waals surface area contributed by atoms with Crippen LogP contribution in [-0.2, 0) is 12.8 Å². The van der Waals surface area contributed by atoms with E-state index in [2.05, 4.69) is 36.2 Å². The lowest BCUT2D eigenvalue weighted by Gasteiger charge is -2.31. The van der Waals surface area contributed by atoms with Crippen molar-refractivity contribution < 1.29 is 9.53 Å². The molecule has 2 heterocycles. The van der Waals surface area contributed by atoms with E-state index in [9.17, 15) is 4.79 Å². The van der Waals surface area contributed by atoms with Crippen molar-refractivity contribution in [1.29, 1.82) is 0 Å². The highest BCUT2D eigenvalue weighted by molar-refractivity contribution is 5.92. The molecule has 0 unspecified atom stereocenters. The molecule has 1 aliphatic rings. The number of methoxy groups -OCH3 is 1. The first-order valence-corrected chi connectivity index (χ1v) is 10.0. The maximum absolute atomic E-state index is 12.7. The lowest BCUT2D eigenvalue weighted by Crippen LogP contribution is -2.38. The monoisotopic (exact) mass is 369 g/mol. The zero-order valence-electron chi connectivity index (χ0n) is 16.7. The van der Waals surface area contributed by atoms with Crippen LogP contribution >= 0.6 is 0 Å². The van der Waals surface area contributed by atoms with Crippen LogP contribution in [0.4, 0.5) is 0 Å². The number of carbonyl (C=O) groups excluding carboxylic acids is 1. The molecule has 0 aliphatic carbocycles. The number of aromatic amines is 1. The quantitative estimate of drug-likeness (QED) is 0.799. The summed E-state index contributed by atoms with van der Waals surface area (Å²) in [6.07, 6.45) is 5.33. The number of hydrogen-bond acceptors (Lipinski definition) is 3. The molecule has 5 heteroatoms. The number of benzene rings is 1. The highest BCUT2D eigenvalue weighted by Crippen LogP contribution is 2.24. The summed E-state index contributed by atoms with van der Waals surface area (Å²) in [7, 11) is 1.69. The molecule has 1 aromatic carbocycles. The fourth-order valence-corrected chi connectivity index (χ4v) is 3.77.